The number of likely N-dealkylation sites (N-methyl/N-ethyl adjacent to an activating group) is 1. The van der Waals surface area contributed by atoms with Crippen molar-refractivity contribution in [1.82, 2.24) is 10.2 Å². The minimum absolute atomic E-state index is 0.200. The van der Waals surface area contributed by atoms with Crippen molar-refractivity contribution in [3.63, 3.8) is 0 Å². The van der Waals surface area contributed by atoms with Crippen LogP contribution in [0, 0.1) is 17.5 Å². The number of carbonyl (C=O) groups excluding carboxylic acids is 1. The maximum Gasteiger partial charge on any atom is 0.243 e. The molecular formula is C17H19F3N4OS. The van der Waals surface area contributed by atoms with Crippen LogP contribution in [-0.4, -0.2) is 44.0 Å². The number of carbonyl (C=O) groups is 1. The van der Waals surface area contributed by atoms with Crippen LogP contribution in [0.1, 0.15) is 4.88 Å². The summed E-state index contributed by atoms with van der Waals surface area (Å²) in [6.45, 7) is 0.494. The molecule has 0 spiro atoms. The maximum atomic E-state index is 13.6. The molecule has 0 saturated heterocycles. The van der Waals surface area contributed by atoms with Crippen LogP contribution in [0.15, 0.2) is 34.6 Å². The smallest absolute Gasteiger partial charge is 0.243 e. The van der Waals surface area contributed by atoms with Gasteiger partial charge in [0.05, 0.1) is 12.2 Å². The molecule has 0 saturated carbocycles. The molecule has 26 heavy (non-hydrogen) atoms. The van der Waals surface area contributed by atoms with Gasteiger partial charge in [0.15, 0.2) is 23.4 Å². The number of halogens is 3. The first-order valence-corrected chi connectivity index (χ1v) is 8.68. The van der Waals surface area contributed by atoms with E-state index in [0.29, 0.717) is 12.5 Å². The van der Waals surface area contributed by atoms with Gasteiger partial charge in [-0.3, -0.25) is 9.79 Å². The number of hydrogen-bond acceptors (Lipinski definition) is 3. The van der Waals surface area contributed by atoms with Gasteiger partial charge in [-0.1, -0.05) is 6.07 Å². The third-order valence-corrected chi connectivity index (χ3v) is 4.50. The first kappa shape index (κ1) is 19.8. The summed E-state index contributed by atoms with van der Waals surface area (Å²) in [5.74, 6) is -4.49. The standard InChI is InChI=1S/C17H19F3N4OS/c1-21-17(24(2)8-7-11-4-3-9-26-11)22-10-14(25)23-13-6-5-12(18)15(19)16(13)20/h3-6,9H,7-8,10H2,1-2H3,(H,21,22)(H,23,25). The average molecular weight is 384 g/mol. The van der Waals surface area contributed by atoms with Gasteiger partial charge < -0.3 is 15.5 Å². The summed E-state index contributed by atoms with van der Waals surface area (Å²) in [6, 6.07) is 5.74. The van der Waals surface area contributed by atoms with E-state index in [-0.39, 0.29) is 6.54 Å². The fraction of sp³-hybridized carbons (Fsp3) is 0.294. The minimum atomic E-state index is -1.63. The third-order valence-electron chi connectivity index (χ3n) is 3.56. The fourth-order valence-electron chi connectivity index (χ4n) is 2.20. The molecule has 0 atom stereocenters. The molecule has 0 aliphatic heterocycles. The van der Waals surface area contributed by atoms with Gasteiger partial charge >= 0.3 is 0 Å². The predicted octanol–water partition coefficient (Wildman–Crippen LogP) is 2.85. The second-order valence-electron chi connectivity index (χ2n) is 5.42. The van der Waals surface area contributed by atoms with Gasteiger partial charge in [0.1, 0.15) is 0 Å². The number of thiophene rings is 1. The Balaban J connectivity index is 1.85. The van der Waals surface area contributed by atoms with E-state index in [2.05, 4.69) is 15.6 Å². The Morgan fingerprint density at radius 1 is 1.23 bits per heavy atom. The maximum absolute atomic E-state index is 13.6. The zero-order chi connectivity index (χ0) is 19.1. The molecule has 1 aromatic carbocycles. The Labute approximate surface area is 153 Å². The van der Waals surface area contributed by atoms with E-state index >= 15 is 0 Å². The van der Waals surface area contributed by atoms with E-state index in [1.807, 2.05) is 29.5 Å². The number of benzene rings is 1. The van der Waals surface area contributed by atoms with Crippen LogP contribution in [0.2, 0.25) is 0 Å². The van der Waals surface area contributed by atoms with E-state index in [0.717, 1.165) is 18.6 Å². The Bertz CT molecular complexity index is 781. The Morgan fingerprint density at radius 3 is 2.65 bits per heavy atom. The van der Waals surface area contributed by atoms with E-state index in [9.17, 15) is 18.0 Å². The highest BCUT2D eigenvalue weighted by atomic mass is 32.1. The molecule has 2 aromatic rings. The van der Waals surface area contributed by atoms with Crippen LogP contribution in [0.4, 0.5) is 18.9 Å². The number of hydrogen-bond donors (Lipinski definition) is 2. The van der Waals surface area contributed by atoms with Gasteiger partial charge in [-0.2, -0.15) is 0 Å². The first-order valence-electron chi connectivity index (χ1n) is 7.80. The lowest BCUT2D eigenvalue weighted by Gasteiger charge is -2.21. The number of amides is 1. The number of rotatable bonds is 6. The van der Waals surface area contributed by atoms with Crippen molar-refractivity contribution >= 4 is 28.9 Å². The number of anilines is 1. The summed E-state index contributed by atoms with van der Waals surface area (Å²) in [4.78, 5) is 19.1. The van der Waals surface area contributed by atoms with Crippen molar-refractivity contribution in [2.24, 2.45) is 4.99 Å². The predicted molar refractivity (Wildman–Crippen MR) is 97.0 cm³/mol. The summed E-state index contributed by atoms with van der Waals surface area (Å²) >= 11 is 1.66. The molecule has 0 bridgehead atoms. The van der Waals surface area contributed by atoms with Gasteiger partial charge in [0.25, 0.3) is 0 Å². The summed E-state index contributed by atoms with van der Waals surface area (Å²) < 4.78 is 39.6. The van der Waals surface area contributed by atoms with E-state index in [1.54, 1.807) is 18.4 Å². The topological polar surface area (TPSA) is 56.7 Å². The summed E-state index contributed by atoms with van der Waals surface area (Å²) in [6.07, 6.45) is 0.834. The molecule has 1 aromatic heterocycles. The van der Waals surface area contributed by atoms with Crippen molar-refractivity contribution in [1.29, 1.82) is 0 Å². The Hall–Kier alpha value is -2.55. The fourth-order valence-corrected chi connectivity index (χ4v) is 2.90. The number of guanidine groups is 1. The van der Waals surface area contributed by atoms with Crippen molar-refractivity contribution in [3.8, 4) is 0 Å². The van der Waals surface area contributed by atoms with Gasteiger partial charge in [0.2, 0.25) is 5.91 Å². The summed E-state index contributed by atoms with van der Waals surface area (Å²) in [5.41, 5.74) is -0.420. The number of aliphatic imine (C=N–C) groups is 1. The van der Waals surface area contributed by atoms with Gasteiger partial charge in [-0.25, -0.2) is 13.2 Å². The SMILES string of the molecule is CN=C(NCC(=O)Nc1ccc(F)c(F)c1F)N(C)CCc1cccs1. The monoisotopic (exact) mass is 384 g/mol. The lowest BCUT2D eigenvalue weighted by atomic mass is 10.2. The van der Waals surface area contributed by atoms with Crippen LogP contribution in [0.3, 0.4) is 0 Å². The van der Waals surface area contributed by atoms with Crippen molar-refractivity contribution in [2.45, 2.75) is 6.42 Å². The first-order chi connectivity index (χ1) is 12.4. The molecule has 5 nitrogen and oxygen atoms in total. The largest absolute Gasteiger partial charge is 0.347 e. The van der Waals surface area contributed by atoms with Crippen molar-refractivity contribution < 1.29 is 18.0 Å². The van der Waals surface area contributed by atoms with E-state index in [1.165, 1.54) is 4.88 Å². The molecule has 2 rings (SSSR count). The molecule has 9 heteroatoms. The second kappa shape index (κ2) is 9.23. The average Bonchev–Trinajstić information content (AvgIpc) is 3.14. The number of nitrogens with zero attached hydrogens (tertiary/aromatic N) is 2. The lowest BCUT2D eigenvalue weighted by molar-refractivity contribution is -0.115. The van der Waals surface area contributed by atoms with Crippen LogP contribution in [0.25, 0.3) is 0 Å². The van der Waals surface area contributed by atoms with E-state index < -0.39 is 29.0 Å². The van der Waals surface area contributed by atoms with Crippen LogP contribution < -0.4 is 10.6 Å². The molecule has 1 amide bonds. The highest BCUT2D eigenvalue weighted by molar-refractivity contribution is 7.09. The number of nitrogens with one attached hydrogen (secondary N) is 2. The minimum Gasteiger partial charge on any atom is -0.347 e. The van der Waals surface area contributed by atoms with Gasteiger partial charge in [-0.05, 0) is 30.0 Å². The second-order valence-corrected chi connectivity index (χ2v) is 6.46. The molecule has 140 valence electrons. The van der Waals surface area contributed by atoms with Crippen molar-refractivity contribution in [2.75, 3.05) is 32.5 Å². The molecule has 0 aliphatic carbocycles. The van der Waals surface area contributed by atoms with Crippen molar-refractivity contribution in [3.05, 3.63) is 52.0 Å². The quantitative estimate of drug-likeness (QED) is 0.458. The van der Waals surface area contributed by atoms with Gasteiger partial charge in [0, 0.05) is 25.5 Å². The highest BCUT2D eigenvalue weighted by Gasteiger charge is 2.15. The molecule has 0 aliphatic rings. The molecule has 0 fully saturated rings. The zero-order valence-corrected chi connectivity index (χ0v) is 15.2. The van der Waals surface area contributed by atoms with Gasteiger partial charge in [-0.15, -0.1) is 11.3 Å². The third kappa shape index (κ3) is 5.22. The molecular weight excluding hydrogens is 365 g/mol. The normalized spacial score (nSPS) is 11.3. The molecule has 2 N–H and O–H groups in total. The molecule has 0 radical (unpaired) electrons. The lowest BCUT2D eigenvalue weighted by Crippen LogP contribution is -2.43. The van der Waals surface area contributed by atoms with Crippen LogP contribution in [0.5, 0.6) is 0 Å². The summed E-state index contributed by atoms with van der Waals surface area (Å²) in [5, 5.41) is 7.04. The van der Waals surface area contributed by atoms with E-state index in [4.69, 9.17) is 0 Å². The Kier molecular flexibility index (Phi) is 7.02. The Morgan fingerprint density at radius 2 is 2.00 bits per heavy atom. The zero-order valence-electron chi connectivity index (χ0n) is 14.4. The molecule has 1 heterocycles. The van der Waals surface area contributed by atoms with Crippen LogP contribution >= 0.6 is 11.3 Å². The molecule has 0 unspecified atom stereocenters. The highest BCUT2D eigenvalue weighted by Crippen LogP contribution is 2.19. The summed E-state index contributed by atoms with van der Waals surface area (Å²) in [7, 11) is 3.41. The van der Waals surface area contributed by atoms with Crippen LogP contribution in [-0.2, 0) is 11.2 Å².